The van der Waals surface area contributed by atoms with E-state index in [2.05, 4.69) is 33.7 Å². The molecule has 0 spiro atoms. The number of rotatable bonds is 6. The van der Waals surface area contributed by atoms with Crippen LogP contribution < -0.4 is 16.1 Å². The van der Waals surface area contributed by atoms with Crippen LogP contribution in [0.25, 0.3) is 11.2 Å². The largest absolute Gasteiger partial charge is 0.342 e. The van der Waals surface area contributed by atoms with Crippen molar-refractivity contribution in [3.8, 4) is 0 Å². The lowest BCUT2D eigenvalue weighted by molar-refractivity contribution is 0.351. The van der Waals surface area contributed by atoms with E-state index in [4.69, 9.17) is 4.98 Å². The average Bonchev–Trinajstić information content (AvgIpc) is 3.10. The lowest BCUT2D eigenvalue weighted by Crippen LogP contribution is -2.40. The summed E-state index contributed by atoms with van der Waals surface area (Å²) in [6.07, 6.45) is 5.47. The molecule has 0 aliphatic carbocycles. The molecule has 1 N–H and O–H groups in total. The maximum atomic E-state index is 12.7. The molecule has 2 atom stereocenters. The molecule has 10 heteroatoms. The predicted octanol–water partition coefficient (Wildman–Crippen LogP) is 1.88. The number of H-pyrrole nitrogens is 1. The summed E-state index contributed by atoms with van der Waals surface area (Å²) in [6, 6.07) is 1.80. The zero-order chi connectivity index (χ0) is 21.3. The second kappa shape index (κ2) is 8.63. The molecule has 1 aliphatic rings. The Morgan fingerprint density at radius 1 is 1.17 bits per heavy atom. The van der Waals surface area contributed by atoms with E-state index in [1.54, 1.807) is 37.3 Å². The minimum atomic E-state index is -0.444. The highest BCUT2D eigenvalue weighted by Gasteiger charge is 2.27. The van der Waals surface area contributed by atoms with E-state index in [-0.39, 0.29) is 5.56 Å². The number of hydrogen-bond acceptors (Lipinski definition) is 7. The van der Waals surface area contributed by atoms with Gasteiger partial charge in [0.15, 0.2) is 16.3 Å². The smallest absolute Gasteiger partial charge is 0.329 e. The lowest BCUT2D eigenvalue weighted by atomic mass is 9.92. The van der Waals surface area contributed by atoms with Crippen molar-refractivity contribution >= 4 is 28.9 Å². The van der Waals surface area contributed by atoms with E-state index in [9.17, 15) is 9.59 Å². The standard InChI is InChI=1S/C20H27N7O2S/c1-13-10-14(2)12-26(11-13)19-23-16-15(17(28)24-20(29)25(16)3)27(19)8-5-9-30-18-21-6-4-7-22-18/h4,6-7,13-14H,5,8-12H2,1-3H3,(H,24,28,29)/t13-,14-/m1/s1. The van der Waals surface area contributed by atoms with Crippen molar-refractivity contribution in [2.45, 2.75) is 38.4 Å². The highest BCUT2D eigenvalue weighted by Crippen LogP contribution is 2.28. The van der Waals surface area contributed by atoms with Crippen LogP contribution in [-0.4, -0.2) is 47.9 Å². The third kappa shape index (κ3) is 4.14. The van der Waals surface area contributed by atoms with Gasteiger partial charge in [0.1, 0.15) is 0 Å². The van der Waals surface area contributed by atoms with Gasteiger partial charge in [0.25, 0.3) is 5.56 Å². The molecule has 1 fully saturated rings. The Balaban J connectivity index is 1.66. The van der Waals surface area contributed by atoms with Crippen molar-refractivity contribution in [2.24, 2.45) is 18.9 Å². The van der Waals surface area contributed by atoms with Crippen LogP contribution in [0.1, 0.15) is 26.7 Å². The van der Waals surface area contributed by atoms with Gasteiger partial charge in [-0.05, 0) is 30.7 Å². The van der Waals surface area contributed by atoms with Gasteiger partial charge in [-0.25, -0.2) is 14.8 Å². The van der Waals surface area contributed by atoms with E-state index in [1.807, 2.05) is 4.57 Å². The quantitative estimate of drug-likeness (QED) is 0.363. The molecule has 4 heterocycles. The number of anilines is 1. The van der Waals surface area contributed by atoms with Crippen molar-refractivity contribution in [1.29, 1.82) is 0 Å². The Labute approximate surface area is 178 Å². The van der Waals surface area contributed by atoms with Gasteiger partial charge in [-0.2, -0.15) is 4.98 Å². The third-order valence-electron chi connectivity index (χ3n) is 5.44. The molecule has 4 rings (SSSR count). The number of thioether (sulfide) groups is 1. The van der Waals surface area contributed by atoms with Crippen LogP contribution >= 0.6 is 11.8 Å². The molecule has 0 unspecified atom stereocenters. The molecule has 30 heavy (non-hydrogen) atoms. The summed E-state index contributed by atoms with van der Waals surface area (Å²) in [6.45, 7) is 6.91. The summed E-state index contributed by atoms with van der Waals surface area (Å²) in [4.78, 5) is 42.7. The van der Waals surface area contributed by atoms with E-state index in [0.29, 0.717) is 29.5 Å². The molecule has 0 saturated carbocycles. The number of aromatic nitrogens is 6. The Morgan fingerprint density at radius 3 is 2.57 bits per heavy atom. The van der Waals surface area contributed by atoms with Crippen LogP contribution in [-0.2, 0) is 13.6 Å². The molecule has 0 aromatic carbocycles. The Hall–Kier alpha value is -2.62. The van der Waals surface area contributed by atoms with Crippen molar-refractivity contribution < 1.29 is 0 Å². The zero-order valence-electron chi connectivity index (χ0n) is 17.5. The Kier molecular flexibility index (Phi) is 5.94. The maximum absolute atomic E-state index is 12.7. The topological polar surface area (TPSA) is 102 Å². The molecule has 1 aliphatic heterocycles. The van der Waals surface area contributed by atoms with Gasteiger partial charge in [-0.1, -0.05) is 25.6 Å². The Morgan fingerprint density at radius 2 is 1.87 bits per heavy atom. The van der Waals surface area contributed by atoms with Gasteiger partial charge in [-0.15, -0.1) is 0 Å². The van der Waals surface area contributed by atoms with Crippen LogP contribution in [0.5, 0.6) is 0 Å². The highest BCUT2D eigenvalue weighted by atomic mass is 32.2. The second-order valence-corrected chi connectivity index (χ2v) is 9.20. The fourth-order valence-corrected chi connectivity index (χ4v) is 4.98. The van der Waals surface area contributed by atoms with Gasteiger partial charge < -0.3 is 9.47 Å². The number of nitrogens with one attached hydrogen (secondary N) is 1. The molecule has 1 saturated heterocycles. The number of imidazole rings is 1. The summed E-state index contributed by atoms with van der Waals surface area (Å²) < 4.78 is 3.39. The predicted molar refractivity (Wildman–Crippen MR) is 118 cm³/mol. The van der Waals surface area contributed by atoms with Gasteiger partial charge >= 0.3 is 5.69 Å². The molecular weight excluding hydrogens is 402 g/mol. The molecular formula is C20H27N7O2S. The van der Waals surface area contributed by atoms with Crippen molar-refractivity contribution in [2.75, 3.05) is 23.7 Å². The van der Waals surface area contributed by atoms with Gasteiger partial charge in [0.05, 0.1) is 0 Å². The first-order chi connectivity index (χ1) is 14.4. The molecule has 0 amide bonds. The number of fused-ring (bicyclic) bond motifs is 1. The molecule has 160 valence electrons. The maximum Gasteiger partial charge on any atom is 0.329 e. The molecule has 0 bridgehead atoms. The summed E-state index contributed by atoms with van der Waals surface area (Å²) in [5.74, 6) is 2.69. The fraction of sp³-hybridized carbons (Fsp3) is 0.550. The molecule has 9 nitrogen and oxygen atoms in total. The molecule has 0 radical (unpaired) electrons. The van der Waals surface area contributed by atoms with Gasteiger partial charge in [-0.3, -0.25) is 14.3 Å². The van der Waals surface area contributed by atoms with Crippen LogP contribution in [0.15, 0.2) is 33.2 Å². The van der Waals surface area contributed by atoms with E-state index >= 15 is 0 Å². The Bertz CT molecular complexity index is 1130. The minimum absolute atomic E-state index is 0.385. The van der Waals surface area contributed by atoms with Crippen molar-refractivity contribution in [3.05, 3.63) is 39.3 Å². The van der Waals surface area contributed by atoms with Gasteiger partial charge in [0.2, 0.25) is 5.95 Å². The fourth-order valence-electron chi connectivity index (χ4n) is 4.25. The monoisotopic (exact) mass is 429 g/mol. The third-order valence-corrected chi connectivity index (χ3v) is 6.40. The summed E-state index contributed by atoms with van der Waals surface area (Å²) in [7, 11) is 1.64. The van der Waals surface area contributed by atoms with E-state index in [1.165, 1.54) is 11.0 Å². The number of nitrogens with zero attached hydrogens (tertiary/aromatic N) is 6. The van der Waals surface area contributed by atoms with Crippen LogP contribution in [0, 0.1) is 11.8 Å². The number of aromatic amines is 1. The van der Waals surface area contributed by atoms with E-state index < -0.39 is 5.69 Å². The highest BCUT2D eigenvalue weighted by molar-refractivity contribution is 7.99. The van der Waals surface area contributed by atoms with Crippen LogP contribution in [0.4, 0.5) is 5.95 Å². The second-order valence-electron chi connectivity index (χ2n) is 8.14. The molecule has 3 aromatic rings. The lowest BCUT2D eigenvalue weighted by Gasteiger charge is -2.35. The first-order valence-electron chi connectivity index (χ1n) is 10.3. The normalized spacial score (nSPS) is 19.5. The first-order valence-corrected chi connectivity index (χ1v) is 11.3. The van der Waals surface area contributed by atoms with Crippen molar-refractivity contribution in [1.82, 2.24) is 29.1 Å². The first kappa shape index (κ1) is 20.6. The number of aryl methyl sites for hydroxylation is 2. The number of hydrogen-bond donors (Lipinski definition) is 1. The summed E-state index contributed by atoms with van der Waals surface area (Å²) in [5, 5.41) is 0.743. The minimum Gasteiger partial charge on any atom is -0.342 e. The summed E-state index contributed by atoms with van der Waals surface area (Å²) in [5.41, 5.74) is 0.0625. The zero-order valence-corrected chi connectivity index (χ0v) is 18.4. The average molecular weight is 430 g/mol. The van der Waals surface area contributed by atoms with Crippen LogP contribution in [0.2, 0.25) is 0 Å². The van der Waals surface area contributed by atoms with Crippen molar-refractivity contribution in [3.63, 3.8) is 0 Å². The number of piperidine rings is 1. The molecule has 3 aromatic heterocycles. The van der Waals surface area contributed by atoms with Gasteiger partial charge in [0, 0.05) is 44.8 Å². The summed E-state index contributed by atoms with van der Waals surface area (Å²) >= 11 is 1.59. The van der Waals surface area contributed by atoms with E-state index in [0.717, 1.165) is 36.4 Å². The van der Waals surface area contributed by atoms with Crippen LogP contribution in [0.3, 0.4) is 0 Å². The SMILES string of the molecule is C[C@@H]1C[C@@H](C)CN(c2nc3c(c(=O)[nH]c(=O)n3C)n2CCCSc2ncccn2)C1.